The topological polar surface area (TPSA) is 34.5 Å². The van der Waals surface area contributed by atoms with E-state index < -0.39 is 0 Å². The van der Waals surface area contributed by atoms with Crippen LogP contribution in [0.3, 0.4) is 0 Å². The van der Waals surface area contributed by atoms with Crippen molar-refractivity contribution in [1.82, 2.24) is 4.98 Å². The van der Waals surface area contributed by atoms with Crippen molar-refractivity contribution in [3.63, 3.8) is 0 Å². The largest absolute Gasteiger partial charge is 0.473 e. The van der Waals surface area contributed by atoms with Crippen molar-refractivity contribution >= 4 is 6.40 Å². The third-order valence-electron chi connectivity index (χ3n) is 2.99. The van der Waals surface area contributed by atoms with Gasteiger partial charge >= 0.3 is 0 Å². The summed E-state index contributed by atoms with van der Waals surface area (Å²) < 4.78 is 5.65. The molecule has 0 aliphatic carbocycles. The molecule has 0 aromatic carbocycles. The van der Waals surface area contributed by atoms with Crippen LogP contribution >= 0.6 is 0 Å². The molecule has 0 bridgehead atoms. The highest BCUT2D eigenvalue weighted by molar-refractivity contribution is 5.51. The van der Waals surface area contributed by atoms with Crippen molar-refractivity contribution in [3.8, 4) is 0 Å². The van der Waals surface area contributed by atoms with Crippen LogP contribution in [-0.4, -0.2) is 17.4 Å². The number of nitrogens with zero attached hydrogens (tertiary/aromatic N) is 2. The van der Waals surface area contributed by atoms with E-state index in [-0.39, 0.29) is 17.6 Å². The van der Waals surface area contributed by atoms with Gasteiger partial charge in [-0.05, 0) is 24.8 Å². The van der Waals surface area contributed by atoms with Gasteiger partial charge in [0.25, 0.3) is 0 Å². The second-order valence-electron chi connectivity index (χ2n) is 5.82. The number of rotatable bonds is 2. The minimum atomic E-state index is 0.0305. The van der Waals surface area contributed by atoms with Crippen molar-refractivity contribution in [2.24, 2.45) is 10.4 Å². The predicted molar refractivity (Wildman–Crippen MR) is 69.2 cm³/mol. The van der Waals surface area contributed by atoms with Crippen molar-refractivity contribution in [3.05, 3.63) is 29.6 Å². The molecule has 0 saturated carbocycles. The average molecular weight is 232 g/mol. The normalized spacial score (nSPS) is 23.8. The number of aromatic nitrogens is 1. The Morgan fingerprint density at radius 3 is 2.76 bits per heavy atom. The first-order chi connectivity index (χ1) is 7.97. The third kappa shape index (κ3) is 2.84. The molecular formula is C14H20N2O. The van der Waals surface area contributed by atoms with E-state index in [1.54, 1.807) is 6.40 Å². The second kappa shape index (κ2) is 4.47. The van der Waals surface area contributed by atoms with Crippen LogP contribution in [0.4, 0.5) is 0 Å². The van der Waals surface area contributed by atoms with E-state index in [1.807, 2.05) is 19.2 Å². The van der Waals surface area contributed by atoms with E-state index in [9.17, 15) is 0 Å². The fourth-order valence-electron chi connectivity index (χ4n) is 2.21. The summed E-state index contributed by atoms with van der Waals surface area (Å²) >= 11 is 0. The van der Waals surface area contributed by atoms with Crippen LogP contribution in [0.1, 0.15) is 44.6 Å². The summed E-state index contributed by atoms with van der Waals surface area (Å²) in [6.07, 6.45) is 4.45. The SMILES string of the molecule is Cc1ncccc1C1OC=NC1CC(C)(C)C. The van der Waals surface area contributed by atoms with Crippen molar-refractivity contribution < 1.29 is 4.74 Å². The standard InChI is InChI=1S/C14H20N2O/c1-10-11(6-5-7-15-10)13-12(16-9-17-13)8-14(2,3)4/h5-7,9,12-13H,8H2,1-4H3. The molecule has 1 aromatic rings. The van der Waals surface area contributed by atoms with Crippen molar-refractivity contribution in [2.75, 3.05) is 0 Å². The number of pyridine rings is 1. The second-order valence-corrected chi connectivity index (χ2v) is 5.82. The van der Waals surface area contributed by atoms with Gasteiger partial charge in [-0.2, -0.15) is 0 Å². The van der Waals surface area contributed by atoms with Crippen LogP contribution in [0.2, 0.25) is 0 Å². The Morgan fingerprint density at radius 2 is 2.12 bits per heavy atom. The van der Waals surface area contributed by atoms with Crippen LogP contribution in [0.25, 0.3) is 0 Å². The number of ether oxygens (including phenoxy) is 1. The van der Waals surface area contributed by atoms with Crippen LogP contribution in [0, 0.1) is 12.3 Å². The zero-order valence-corrected chi connectivity index (χ0v) is 11.0. The van der Waals surface area contributed by atoms with Gasteiger partial charge in [0.2, 0.25) is 0 Å². The minimum absolute atomic E-state index is 0.0305. The quantitative estimate of drug-likeness (QED) is 0.784. The number of hydrogen-bond donors (Lipinski definition) is 0. The molecule has 0 spiro atoms. The summed E-state index contributed by atoms with van der Waals surface area (Å²) in [4.78, 5) is 8.76. The molecule has 92 valence electrons. The summed E-state index contributed by atoms with van der Waals surface area (Å²) in [7, 11) is 0. The maximum Gasteiger partial charge on any atom is 0.170 e. The first-order valence-corrected chi connectivity index (χ1v) is 6.06. The Labute approximate surface area is 103 Å². The van der Waals surface area contributed by atoms with Crippen LogP contribution in [0.5, 0.6) is 0 Å². The summed E-state index contributed by atoms with van der Waals surface area (Å²) in [5, 5.41) is 0. The smallest absolute Gasteiger partial charge is 0.170 e. The predicted octanol–water partition coefficient (Wildman–Crippen LogP) is 3.29. The maximum absolute atomic E-state index is 5.65. The van der Waals surface area contributed by atoms with E-state index in [0.29, 0.717) is 0 Å². The van der Waals surface area contributed by atoms with E-state index in [0.717, 1.165) is 17.7 Å². The monoisotopic (exact) mass is 232 g/mol. The van der Waals surface area contributed by atoms with Gasteiger partial charge in [-0.25, -0.2) is 0 Å². The number of aryl methyl sites for hydroxylation is 1. The molecule has 2 rings (SSSR count). The third-order valence-corrected chi connectivity index (χ3v) is 2.99. The lowest BCUT2D eigenvalue weighted by Crippen LogP contribution is -2.21. The fraction of sp³-hybridized carbons (Fsp3) is 0.571. The van der Waals surface area contributed by atoms with Gasteiger partial charge in [0.15, 0.2) is 6.40 Å². The first-order valence-electron chi connectivity index (χ1n) is 6.06. The molecule has 2 unspecified atom stereocenters. The molecule has 0 saturated heterocycles. The van der Waals surface area contributed by atoms with Crippen molar-refractivity contribution in [2.45, 2.75) is 46.3 Å². The summed E-state index contributed by atoms with van der Waals surface area (Å²) in [5.74, 6) is 0. The highest BCUT2D eigenvalue weighted by Gasteiger charge is 2.32. The van der Waals surface area contributed by atoms with E-state index >= 15 is 0 Å². The lowest BCUT2D eigenvalue weighted by Gasteiger charge is -2.25. The van der Waals surface area contributed by atoms with Gasteiger partial charge in [-0.3, -0.25) is 9.98 Å². The van der Waals surface area contributed by atoms with E-state index in [4.69, 9.17) is 4.74 Å². The molecule has 2 heterocycles. The highest BCUT2D eigenvalue weighted by atomic mass is 16.5. The lowest BCUT2D eigenvalue weighted by molar-refractivity contribution is 0.174. The molecule has 0 amide bonds. The Balaban J connectivity index is 2.19. The molecule has 3 nitrogen and oxygen atoms in total. The first kappa shape index (κ1) is 12.1. The number of aliphatic imine (C=N–C) groups is 1. The van der Waals surface area contributed by atoms with Gasteiger partial charge in [0.05, 0.1) is 6.04 Å². The lowest BCUT2D eigenvalue weighted by atomic mass is 9.85. The van der Waals surface area contributed by atoms with Gasteiger partial charge in [-0.1, -0.05) is 26.8 Å². The van der Waals surface area contributed by atoms with E-state index in [1.165, 1.54) is 0 Å². The van der Waals surface area contributed by atoms with Gasteiger partial charge < -0.3 is 4.74 Å². The van der Waals surface area contributed by atoms with Crippen molar-refractivity contribution in [1.29, 1.82) is 0 Å². The Hall–Kier alpha value is -1.38. The molecule has 1 aliphatic heterocycles. The molecule has 0 radical (unpaired) electrons. The zero-order valence-electron chi connectivity index (χ0n) is 11.0. The maximum atomic E-state index is 5.65. The molecule has 0 fully saturated rings. The summed E-state index contributed by atoms with van der Waals surface area (Å²) in [6, 6.07) is 4.24. The van der Waals surface area contributed by atoms with Crippen LogP contribution in [-0.2, 0) is 4.74 Å². The Morgan fingerprint density at radius 1 is 1.35 bits per heavy atom. The zero-order chi connectivity index (χ0) is 12.5. The molecule has 1 aromatic heterocycles. The van der Waals surface area contributed by atoms with Crippen LogP contribution < -0.4 is 0 Å². The molecule has 3 heteroatoms. The van der Waals surface area contributed by atoms with E-state index in [2.05, 4.69) is 36.8 Å². The highest BCUT2D eigenvalue weighted by Crippen LogP contribution is 2.35. The Kier molecular flexibility index (Phi) is 3.18. The molecule has 17 heavy (non-hydrogen) atoms. The molecular weight excluding hydrogens is 212 g/mol. The van der Waals surface area contributed by atoms with Gasteiger partial charge in [0.1, 0.15) is 6.10 Å². The summed E-state index contributed by atoms with van der Waals surface area (Å²) in [6.45, 7) is 8.71. The molecule has 2 atom stereocenters. The molecule has 1 aliphatic rings. The van der Waals surface area contributed by atoms with Gasteiger partial charge in [0, 0.05) is 17.5 Å². The summed E-state index contributed by atoms with van der Waals surface area (Å²) in [5.41, 5.74) is 2.44. The van der Waals surface area contributed by atoms with Gasteiger partial charge in [-0.15, -0.1) is 0 Å². The number of hydrogen-bond acceptors (Lipinski definition) is 3. The Bertz CT molecular complexity index is 420. The van der Waals surface area contributed by atoms with Crippen LogP contribution in [0.15, 0.2) is 23.3 Å². The minimum Gasteiger partial charge on any atom is -0.473 e. The average Bonchev–Trinajstić information content (AvgIpc) is 2.64. The fourth-order valence-corrected chi connectivity index (χ4v) is 2.21. The molecule has 0 N–H and O–H groups in total.